The summed E-state index contributed by atoms with van der Waals surface area (Å²) in [5, 5.41) is 8.64. The molecule has 0 amide bonds. The van der Waals surface area contributed by atoms with Crippen LogP contribution in [-0.4, -0.2) is 39.3 Å². The van der Waals surface area contributed by atoms with E-state index < -0.39 is 0 Å². The van der Waals surface area contributed by atoms with Gasteiger partial charge in [-0.2, -0.15) is 0 Å². The number of rotatable bonds is 6. The van der Waals surface area contributed by atoms with Crippen LogP contribution in [0.5, 0.6) is 0 Å². The number of aryl methyl sites for hydroxylation is 1. The molecule has 4 rings (SSSR count). The first-order valence-electron chi connectivity index (χ1n) is 9.80. The molecule has 142 valence electrons. The van der Waals surface area contributed by atoms with Gasteiger partial charge in [-0.1, -0.05) is 46.9 Å². The summed E-state index contributed by atoms with van der Waals surface area (Å²) in [6.07, 6.45) is 4.29. The highest BCUT2D eigenvalue weighted by Gasteiger charge is 2.28. The number of hydrogen-bond donors (Lipinski definition) is 0. The smallest absolute Gasteiger partial charge is 0.183 e. The molecule has 1 aromatic carbocycles. The zero-order valence-electron chi connectivity index (χ0n) is 16.0. The molecule has 3 heterocycles. The molecule has 1 aliphatic heterocycles. The Balaban J connectivity index is 1.40. The lowest BCUT2D eigenvalue weighted by molar-refractivity contribution is 0.213. The maximum absolute atomic E-state index is 5.64. The van der Waals surface area contributed by atoms with E-state index in [0.29, 0.717) is 5.92 Å². The average molecular weight is 383 g/mol. The van der Waals surface area contributed by atoms with Gasteiger partial charge in [0.05, 0.1) is 11.4 Å². The predicted octanol–water partition coefficient (Wildman–Crippen LogP) is 4.49. The van der Waals surface area contributed by atoms with E-state index in [9.17, 15) is 0 Å². The molecule has 0 N–H and O–H groups in total. The molecule has 1 saturated heterocycles. The zero-order valence-corrected chi connectivity index (χ0v) is 16.8. The third-order valence-electron chi connectivity index (χ3n) is 5.59. The van der Waals surface area contributed by atoms with Gasteiger partial charge in [0.2, 0.25) is 0 Å². The Morgan fingerprint density at radius 2 is 1.96 bits per heavy atom. The van der Waals surface area contributed by atoms with Gasteiger partial charge in [-0.3, -0.25) is 0 Å². The fourth-order valence-corrected chi connectivity index (χ4v) is 4.72. The van der Waals surface area contributed by atoms with Gasteiger partial charge < -0.3 is 9.42 Å². The Labute approximate surface area is 164 Å². The van der Waals surface area contributed by atoms with Crippen LogP contribution in [0.15, 0.2) is 34.9 Å². The van der Waals surface area contributed by atoms with Gasteiger partial charge >= 0.3 is 0 Å². The van der Waals surface area contributed by atoms with Gasteiger partial charge in [-0.25, -0.2) is 0 Å². The van der Waals surface area contributed by atoms with Gasteiger partial charge in [0.15, 0.2) is 5.76 Å². The summed E-state index contributed by atoms with van der Waals surface area (Å²) >= 11 is 1.44. The van der Waals surface area contributed by atoms with Crippen LogP contribution in [0.1, 0.15) is 48.2 Å². The highest BCUT2D eigenvalue weighted by molar-refractivity contribution is 7.09. The minimum absolute atomic E-state index is 0.460. The molecule has 0 spiro atoms. The molecular weight excluding hydrogens is 356 g/mol. The third-order valence-corrected chi connectivity index (χ3v) is 6.33. The molecule has 3 aromatic rings. The van der Waals surface area contributed by atoms with E-state index in [2.05, 4.69) is 56.9 Å². The Hall–Kier alpha value is -2.05. The topological polar surface area (TPSA) is 55.1 Å². The van der Waals surface area contributed by atoms with E-state index in [-0.39, 0.29) is 0 Å². The largest absolute Gasteiger partial charge is 0.355 e. The summed E-state index contributed by atoms with van der Waals surface area (Å²) < 4.78 is 9.88. The Morgan fingerprint density at radius 3 is 2.70 bits per heavy atom. The van der Waals surface area contributed by atoms with Crippen LogP contribution < -0.4 is 0 Å². The van der Waals surface area contributed by atoms with Crippen molar-refractivity contribution in [1.82, 2.24) is 19.6 Å². The first-order chi connectivity index (χ1) is 13.3. The predicted molar refractivity (Wildman–Crippen MR) is 108 cm³/mol. The molecule has 27 heavy (non-hydrogen) atoms. The van der Waals surface area contributed by atoms with Crippen LogP contribution in [-0.2, 0) is 12.8 Å². The zero-order chi connectivity index (χ0) is 18.6. The molecule has 1 aliphatic rings. The fraction of sp³-hybridized carbons (Fsp3) is 0.476. The quantitative estimate of drug-likeness (QED) is 0.629. The SMILES string of the molecule is CCc1c(C)noc1-c1snnc1C1CCN(CCc2ccccc2)CC1. The Kier molecular flexibility index (Phi) is 5.64. The van der Waals surface area contributed by atoms with Crippen molar-refractivity contribution in [2.45, 2.75) is 45.4 Å². The van der Waals surface area contributed by atoms with Crippen LogP contribution in [0.4, 0.5) is 0 Å². The number of benzene rings is 1. The maximum atomic E-state index is 5.64. The van der Waals surface area contributed by atoms with Crippen molar-refractivity contribution in [3.63, 3.8) is 0 Å². The van der Waals surface area contributed by atoms with Crippen LogP contribution in [0.25, 0.3) is 10.6 Å². The lowest BCUT2D eigenvalue weighted by atomic mass is 9.91. The summed E-state index contributed by atoms with van der Waals surface area (Å²) in [5.41, 5.74) is 4.68. The number of aromatic nitrogens is 3. The van der Waals surface area contributed by atoms with Crippen LogP contribution in [0.2, 0.25) is 0 Å². The summed E-state index contributed by atoms with van der Waals surface area (Å²) in [6, 6.07) is 10.7. The molecule has 0 unspecified atom stereocenters. The molecule has 6 heteroatoms. The van der Waals surface area contributed by atoms with Gasteiger partial charge in [0.1, 0.15) is 4.88 Å². The monoisotopic (exact) mass is 382 g/mol. The minimum atomic E-state index is 0.460. The third kappa shape index (κ3) is 3.96. The lowest BCUT2D eigenvalue weighted by Crippen LogP contribution is -2.34. The first kappa shape index (κ1) is 18.3. The number of likely N-dealkylation sites (tertiary alicyclic amines) is 1. The minimum Gasteiger partial charge on any atom is -0.355 e. The van der Waals surface area contributed by atoms with E-state index in [0.717, 1.165) is 67.3 Å². The highest BCUT2D eigenvalue weighted by atomic mass is 32.1. The summed E-state index contributed by atoms with van der Waals surface area (Å²) in [4.78, 5) is 3.65. The summed E-state index contributed by atoms with van der Waals surface area (Å²) in [7, 11) is 0. The van der Waals surface area contributed by atoms with Gasteiger partial charge in [-0.05, 0) is 62.8 Å². The second kappa shape index (κ2) is 8.31. The van der Waals surface area contributed by atoms with Crippen LogP contribution >= 0.6 is 11.5 Å². The van der Waals surface area contributed by atoms with Crippen molar-refractivity contribution < 1.29 is 4.52 Å². The van der Waals surface area contributed by atoms with Crippen molar-refractivity contribution in [2.24, 2.45) is 0 Å². The molecule has 0 atom stereocenters. The van der Waals surface area contributed by atoms with Crippen molar-refractivity contribution >= 4 is 11.5 Å². The standard InChI is InChI=1S/C21H26N4OS/c1-3-18-15(2)23-26-20(18)21-19(22-24-27-21)17-10-13-25(14-11-17)12-9-16-7-5-4-6-8-16/h4-8,17H,3,9-14H2,1-2H3. The normalized spacial score (nSPS) is 16.1. The molecular formula is C21H26N4OS. The maximum Gasteiger partial charge on any atom is 0.183 e. The van der Waals surface area contributed by atoms with E-state index in [1.54, 1.807) is 0 Å². The summed E-state index contributed by atoms with van der Waals surface area (Å²) in [5.74, 6) is 1.34. The average Bonchev–Trinajstić information content (AvgIpc) is 3.33. The van der Waals surface area contributed by atoms with Gasteiger partial charge in [-0.15, -0.1) is 5.10 Å². The molecule has 1 fully saturated rings. The van der Waals surface area contributed by atoms with Crippen LogP contribution in [0.3, 0.4) is 0 Å². The number of nitrogens with zero attached hydrogens (tertiary/aromatic N) is 4. The van der Waals surface area contributed by atoms with Crippen molar-refractivity contribution in [1.29, 1.82) is 0 Å². The Morgan fingerprint density at radius 1 is 1.19 bits per heavy atom. The van der Waals surface area contributed by atoms with Crippen molar-refractivity contribution in [2.75, 3.05) is 19.6 Å². The second-order valence-corrected chi connectivity index (χ2v) is 8.02. The van der Waals surface area contributed by atoms with Crippen molar-refractivity contribution in [3.8, 4) is 10.6 Å². The van der Waals surface area contributed by atoms with Gasteiger partial charge in [0.25, 0.3) is 0 Å². The molecule has 0 saturated carbocycles. The lowest BCUT2D eigenvalue weighted by Gasteiger charge is -2.31. The van der Waals surface area contributed by atoms with E-state index in [4.69, 9.17) is 4.52 Å². The van der Waals surface area contributed by atoms with E-state index >= 15 is 0 Å². The molecule has 5 nitrogen and oxygen atoms in total. The highest BCUT2D eigenvalue weighted by Crippen LogP contribution is 2.38. The molecule has 0 bridgehead atoms. The van der Waals surface area contributed by atoms with Crippen LogP contribution in [0, 0.1) is 6.92 Å². The first-order valence-corrected chi connectivity index (χ1v) is 10.6. The fourth-order valence-electron chi connectivity index (χ4n) is 3.97. The molecule has 2 aromatic heterocycles. The van der Waals surface area contributed by atoms with Crippen molar-refractivity contribution in [3.05, 3.63) is 52.8 Å². The molecule has 0 aliphatic carbocycles. The Bertz CT molecular complexity index is 865. The number of hydrogen-bond acceptors (Lipinski definition) is 6. The summed E-state index contributed by atoms with van der Waals surface area (Å²) in [6.45, 7) is 7.50. The van der Waals surface area contributed by atoms with E-state index in [1.165, 1.54) is 22.7 Å². The number of piperidine rings is 1. The molecule has 0 radical (unpaired) electrons. The van der Waals surface area contributed by atoms with E-state index in [1.807, 2.05) is 6.92 Å². The van der Waals surface area contributed by atoms with Gasteiger partial charge in [0, 0.05) is 18.0 Å². The second-order valence-electron chi connectivity index (χ2n) is 7.27.